The first-order valence-electron chi connectivity index (χ1n) is 6.93. The van der Waals surface area contributed by atoms with Crippen molar-refractivity contribution in [1.29, 1.82) is 0 Å². The molecule has 1 aliphatic rings. The molecule has 2 aromatic carbocycles. The highest BCUT2D eigenvalue weighted by Gasteiger charge is 2.18. The molecule has 0 spiro atoms. The van der Waals surface area contributed by atoms with Crippen molar-refractivity contribution in [2.75, 3.05) is 13.1 Å². The fourth-order valence-corrected chi connectivity index (χ4v) is 2.70. The molecule has 1 unspecified atom stereocenters. The van der Waals surface area contributed by atoms with E-state index in [9.17, 15) is 0 Å². The Kier molecular flexibility index (Phi) is 5.18. The number of likely N-dealkylation sites (tertiary alicyclic amines) is 1. The summed E-state index contributed by atoms with van der Waals surface area (Å²) in [5.41, 5.74) is 9.86. The number of nitrogens with zero attached hydrogens (tertiary/aromatic N) is 1. The Morgan fingerprint density at radius 2 is 1.60 bits per heavy atom. The van der Waals surface area contributed by atoms with Crippen LogP contribution in [0.3, 0.4) is 0 Å². The predicted octanol–water partition coefficient (Wildman–Crippen LogP) is 3.31. The number of hydrogen-bond donors (Lipinski definition) is 1. The van der Waals surface area contributed by atoms with Crippen LogP contribution in [0.2, 0.25) is 0 Å². The molecular formula is C17H21ClN2. The highest BCUT2D eigenvalue weighted by Crippen LogP contribution is 2.20. The van der Waals surface area contributed by atoms with Crippen molar-refractivity contribution in [2.45, 2.75) is 19.0 Å². The molecule has 1 atom stereocenters. The molecule has 2 aromatic rings. The molecule has 1 saturated heterocycles. The molecule has 1 fully saturated rings. The summed E-state index contributed by atoms with van der Waals surface area (Å²) in [6.07, 6.45) is 1.13. The van der Waals surface area contributed by atoms with Crippen molar-refractivity contribution in [2.24, 2.45) is 5.73 Å². The average Bonchev–Trinajstić information content (AvgIpc) is 2.86. The second kappa shape index (κ2) is 6.89. The quantitative estimate of drug-likeness (QED) is 0.939. The third-order valence-electron chi connectivity index (χ3n) is 3.78. The van der Waals surface area contributed by atoms with Crippen LogP contribution < -0.4 is 5.73 Å². The number of nitrogens with two attached hydrogens (primary N) is 1. The Labute approximate surface area is 127 Å². The standard InChI is InChI=1S/C17H20N2.ClH/c18-17-10-11-19(13-17)12-14-6-8-16(9-7-14)15-4-2-1-3-5-15;/h1-9,17H,10-13,18H2;1H. The largest absolute Gasteiger partial charge is 0.326 e. The molecule has 1 heterocycles. The molecule has 20 heavy (non-hydrogen) atoms. The van der Waals surface area contributed by atoms with Gasteiger partial charge in [-0.1, -0.05) is 54.6 Å². The molecular weight excluding hydrogens is 268 g/mol. The van der Waals surface area contributed by atoms with Gasteiger partial charge in [-0.3, -0.25) is 4.90 Å². The molecule has 3 heteroatoms. The monoisotopic (exact) mass is 288 g/mol. The summed E-state index contributed by atoms with van der Waals surface area (Å²) < 4.78 is 0. The van der Waals surface area contributed by atoms with Crippen LogP contribution >= 0.6 is 12.4 Å². The van der Waals surface area contributed by atoms with Crippen molar-refractivity contribution in [3.05, 3.63) is 60.2 Å². The molecule has 0 saturated carbocycles. The zero-order valence-electron chi connectivity index (χ0n) is 11.5. The van der Waals surface area contributed by atoms with E-state index >= 15 is 0 Å². The normalized spacial score (nSPS) is 18.8. The molecule has 1 aliphatic heterocycles. The van der Waals surface area contributed by atoms with Gasteiger partial charge in [0, 0.05) is 25.7 Å². The van der Waals surface area contributed by atoms with E-state index in [-0.39, 0.29) is 12.4 Å². The van der Waals surface area contributed by atoms with Crippen LogP contribution in [-0.4, -0.2) is 24.0 Å². The Morgan fingerprint density at radius 3 is 2.20 bits per heavy atom. The summed E-state index contributed by atoms with van der Waals surface area (Å²) in [6.45, 7) is 3.17. The fourth-order valence-electron chi connectivity index (χ4n) is 2.70. The maximum Gasteiger partial charge on any atom is 0.0234 e. The zero-order valence-corrected chi connectivity index (χ0v) is 12.4. The first kappa shape index (κ1) is 15.0. The molecule has 2 N–H and O–H groups in total. The highest BCUT2D eigenvalue weighted by molar-refractivity contribution is 5.85. The van der Waals surface area contributed by atoms with Crippen molar-refractivity contribution in [1.82, 2.24) is 4.90 Å². The molecule has 0 aromatic heterocycles. The summed E-state index contributed by atoms with van der Waals surface area (Å²) in [7, 11) is 0. The van der Waals surface area contributed by atoms with Crippen molar-refractivity contribution in [3.8, 4) is 11.1 Å². The minimum Gasteiger partial charge on any atom is -0.326 e. The summed E-state index contributed by atoms with van der Waals surface area (Å²) >= 11 is 0. The van der Waals surface area contributed by atoms with Gasteiger partial charge < -0.3 is 5.73 Å². The van der Waals surface area contributed by atoms with Crippen LogP contribution in [0, 0.1) is 0 Å². The van der Waals surface area contributed by atoms with Crippen LogP contribution in [-0.2, 0) is 6.54 Å². The minimum absolute atomic E-state index is 0. The van der Waals surface area contributed by atoms with Gasteiger partial charge in [0.2, 0.25) is 0 Å². The molecule has 3 rings (SSSR count). The summed E-state index contributed by atoms with van der Waals surface area (Å²) in [5, 5.41) is 0. The van der Waals surface area contributed by atoms with Crippen molar-refractivity contribution in [3.63, 3.8) is 0 Å². The smallest absolute Gasteiger partial charge is 0.0234 e. The topological polar surface area (TPSA) is 29.3 Å². The number of rotatable bonds is 3. The van der Waals surface area contributed by atoms with Crippen LogP contribution in [0.25, 0.3) is 11.1 Å². The van der Waals surface area contributed by atoms with Crippen molar-refractivity contribution >= 4 is 12.4 Å². The second-order valence-corrected chi connectivity index (χ2v) is 5.35. The SMILES string of the molecule is Cl.NC1CCN(Cc2ccc(-c3ccccc3)cc2)C1. The first-order chi connectivity index (χ1) is 9.31. The summed E-state index contributed by atoms with van der Waals surface area (Å²) in [5.74, 6) is 0. The molecule has 0 radical (unpaired) electrons. The Morgan fingerprint density at radius 1 is 0.950 bits per heavy atom. The molecule has 2 nitrogen and oxygen atoms in total. The van der Waals surface area contributed by atoms with Crippen molar-refractivity contribution < 1.29 is 0 Å². The van der Waals surface area contributed by atoms with E-state index in [4.69, 9.17) is 5.73 Å². The van der Waals surface area contributed by atoms with E-state index in [1.54, 1.807) is 0 Å². The number of halogens is 1. The molecule has 0 aliphatic carbocycles. The van der Waals surface area contributed by atoms with E-state index in [1.165, 1.54) is 16.7 Å². The van der Waals surface area contributed by atoms with Gasteiger partial charge in [-0.2, -0.15) is 0 Å². The van der Waals surface area contributed by atoms with Crippen LogP contribution in [0.15, 0.2) is 54.6 Å². The third kappa shape index (κ3) is 3.60. The van der Waals surface area contributed by atoms with E-state index in [0.717, 1.165) is 26.1 Å². The third-order valence-corrected chi connectivity index (χ3v) is 3.78. The van der Waals surface area contributed by atoms with Crippen LogP contribution in [0.4, 0.5) is 0 Å². The summed E-state index contributed by atoms with van der Waals surface area (Å²) in [4.78, 5) is 2.43. The van der Waals surface area contributed by atoms with Gasteiger partial charge in [0.1, 0.15) is 0 Å². The Balaban J connectivity index is 0.00000147. The van der Waals surface area contributed by atoms with Gasteiger partial charge in [-0.15, -0.1) is 12.4 Å². The lowest BCUT2D eigenvalue weighted by atomic mass is 10.0. The van der Waals surface area contributed by atoms with Gasteiger partial charge in [0.15, 0.2) is 0 Å². The van der Waals surface area contributed by atoms with Gasteiger partial charge in [-0.05, 0) is 23.1 Å². The van der Waals surface area contributed by atoms with Gasteiger partial charge >= 0.3 is 0 Å². The van der Waals surface area contributed by atoms with Crippen LogP contribution in [0.5, 0.6) is 0 Å². The summed E-state index contributed by atoms with van der Waals surface area (Å²) in [6, 6.07) is 19.7. The average molecular weight is 289 g/mol. The van der Waals surface area contributed by atoms with Gasteiger partial charge in [-0.25, -0.2) is 0 Å². The zero-order chi connectivity index (χ0) is 13.1. The molecule has 0 bridgehead atoms. The lowest BCUT2D eigenvalue weighted by Crippen LogP contribution is -2.26. The van der Waals surface area contributed by atoms with E-state index in [1.807, 2.05) is 0 Å². The Bertz CT molecular complexity index is 524. The number of benzene rings is 2. The van der Waals surface area contributed by atoms with Gasteiger partial charge in [0.25, 0.3) is 0 Å². The predicted molar refractivity (Wildman–Crippen MR) is 87.0 cm³/mol. The lowest BCUT2D eigenvalue weighted by Gasteiger charge is -2.15. The first-order valence-corrected chi connectivity index (χ1v) is 6.93. The van der Waals surface area contributed by atoms with E-state index in [2.05, 4.69) is 59.5 Å². The maximum atomic E-state index is 5.94. The minimum atomic E-state index is 0. The number of hydrogen-bond acceptors (Lipinski definition) is 2. The fraction of sp³-hybridized carbons (Fsp3) is 0.294. The van der Waals surface area contributed by atoms with E-state index in [0.29, 0.717) is 6.04 Å². The van der Waals surface area contributed by atoms with Gasteiger partial charge in [0.05, 0.1) is 0 Å². The van der Waals surface area contributed by atoms with Crippen LogP contribution in [0.1, 0.15) is 12.0 Å². The second-order valence-electron chi connectivity index (χ2n) is 5.35. The van der Waals surface area contributed by atoms with E-state index < -0.39 is 0 Å². The molecule has 106 valence electrons. The highest BCUT2D eigenvalue weighted by atomic mass is 35.5. The lowest BCUT2D eigenvalue weighted by molar-refractivity contribution is 0.327. The maximum absolute atomic E-state index is 5.94. The molecule has 0 amide bonds. The Hall–Kier alpha value is -1.35.